The topological polar surface area (TPSA) is 109 Å². The molecule has 8 heteroatoms. The number of amides is 3. The van der Waals surface area contributed by atoms with Gasteiger partial charge in [-0.05, 0) is 19.1 Å². The molecule has 8 nitrogen and oxygen atoms in total. The fourth-order valence-electron chi connectivity index (χ4n) is 2.15. The highest BCUT2D eigenvalue weighted by Crippen LogP contribution is 2.20. The van der Waals surface area contributed by atoms with Crippen molar-refractivity contribution in [3.05, 3.63) is 48.4 Å². The van der Waals surface area contributed by atoms with Crippen LogP contribution in [0.4, 0.5) is 16.3 Å². The standard InChI is InChI=1S/C16H15N5O3/c1-10-8-13(21-24-10)20-16(23)18-9-14(22)19-12-6-2-4-11-5-3-7-17-15(11)12/h2-8H,9H2,1H3,(H,19,22)(H2,18,20,21,23). The number of aromatic nitrogens is 2. The summed E-state index contributed by atoms with van der Waals surface area (Å²) in [6.45, 7) is 1.52. The van der Waals surface area contributed by atoms with Gasteiger partial charge >= 0.3 is 6.03 Å². The third-order valence-electron chi connectivity index (χ3n) is 3.19. The lowest BCUT2D eigenvalue weighted by molar-refractivity contribution is -0.115. The average Bonchev–Trinajstić information content (AvgIpc) is 2.98. The van der Waals surface area contributed by atoms with Crippen molar-refractivity contribution in [3.8, 4) is 0 Å². The van der Waals surface area contributed by atoms with Crippen LogP contribution < -0.4 is 16.0 Å². The minimum Gasteiger partial charge on any atom is -0.360 e. The Bertz CT molecular complexity index is 885. The van der Waals surface area contributed by atoms with E-state index in [0.29, 0.717) is 17.0 Å². The Balaban J connectivity index is 1.56. The lowest BCUT2D eigenvalue weighted by atomic mass is 10.2. The fraction of sp³-hybridized carbons (Fsp3) is 0.125. The molecule has 122 valence electrons. The number of hydrogen-bond donors (Lipinski definition) is 3. The van der Waals surface area contributed by atoms with E-state index in [0.717, 1.165) is 5.39 Å². The Hall–Kier alpha value is -3.42. The van der Waals surface area contributed by atoms with Crippen LogP contribution in [0.1, 0.15) is 5.76 Å². The Morgan fingerprint density at radius 3 is 2.79 bits per heavy atom. The third kappa shape index (κ3) is 3.67. The number of nitrogens with one attached hydrogen (secondary N) is 3. The molecule has 3 rings (SSSR count). The maximum atomic E-state index is 12.0. The molecule has 24 heavy (non-hydrogen) atoms. The zero-order valence-electron chi connectivity index (χ0n) is 12.9. The van der Waals surface area contributed by atoms with Crippen molar-refractivity contribution in [3.63, 3.8) is 0 Å². The molecule has 1 aromatic carbocycles. The van der Waals surface area contributed by atoms with Gasteiger partial charge in [0.2, 0.25) is 5.91 Å². The monoisotopic (exact) mass is 325 g/mol. The van der Waals surface area contributed by atoms with E-state index < -0.39 is 6.03 Å². The number of hydrogen-bond acceptors (Lipinski definition) is 5. The molecule has 0 fully saturated rings. The van der Waals surface area contributed by atoms with Crippen LogP contribution in [0, 0.1) is 6.92 Å². The molecule has 3 amide bonds. The quantitative estimate of drug-likeness (QED) is 0.682. The maximum absolute atomic E-state index is 12.0. The highest BCUT2D eigenvalue weighted by Gasteiger charge is 2.10. The predicted octanol–water partition coefficient (Wildman–Crippen LogP) is 2.29. The maximum Gasteiger partial charge on any atom is 0.320 e. The number of fused-ring (bicyclic) bond motifs is 1. The van der Waals surface area contributed by atoms with Crippen LogP contribution in [0.5, 0.6) is 0 Å². The Kier molecular flexibility index (Phi) is 4.37. The van der Waals surface area contributed by atoms with Crippen molar-refractivity contribution in [1.29, 1.82) is 0 Å². The molecule has 0 saturated heterocycles. The van der Waals surface area contributed by atoms with E-state index >= 15 is 0 Å². The van der Waals surface area contributed by atoms with Gasteiger partial charge in [-0.3, -0.25) is 15.1 Å². The summed E-state index contributed by atoms with van der Waals surface area (Å²) in [6.07, 6.45) is 1.66. The van der Waals surface area contributed by atoms with Gasteiger partial charge in [0, 0.05) is 17.6 Å². The third-order valence-corrected chi connectivity index (χ3v) is 3.19. The van der Waals surface area contributed by atoms with Crippen LogP contribution in [0.3, 0.4) is 0 Å². The molecule has 0 saturated carbocycles. The van der Waals surface area contributed by atoms with Crippen molar-refractivity contribution in [2.45, 2.75) is 6.92 Å². The number of carbonyl (C=O) groups excluding carboxylic acids is 2. The highest BCUT2D eigenvalue weighted by atomic mass is 16.5. The van der Waals surface area contributed by atoms with E-state index in [2.05, 4.69) is 26.1 Å². The zero-order valence-corrected chi connectivity index (χ0v) is 12.9. The summed E-state index contributed by atoms with van der Waals surface area (Å²) in [5.41, 5.74) is 1.28. The molecule has 2 aromatic heterocycles. The van der Waals surface area contributed by atoms with Crippen molar-refractivity contribution in [2.75, 3.05) is 17.2 Å². The molecule has 0 bridgehead atoms. The van der Waals surface area contributed by atoms with Gasteiger partial charge in [0.15, 0.2) is 5.82 Å². The number of benzene rings is 1. The van der Waals surface area contributed by atoms with E-state index in [-0.39, 0.29) is 18.3 Å². The summed E-state index contributed by atoms with van der Waals surface area (Å²) >= 11 is 0. The normalized spacial score (nSPS) is 10.4. The molecule has 0 aliphatic rings. The van der Waals surface area contributed by atoms with Gasteiger partial charge < -0.3 is 15.2 Å². The molecule has 0 spiro atoms. The van der Waals surface area contributed by atoms with Gasteiger partial charge in [-0.25, -0.2) is 4.79 Å². The highest BCUT2D eigenvalue weighted by molar-refractivity contribution is 6.02. The number of urea groups is 1. The van der Waals surface area contributed by atoms with Crippen molar-refractivity contribution in [1.82, 2.24) is 15.5 Å². The minimum absolute atomic E-state index is 0.189. The molecule has 0 atom stereocenters. The summed E-state index contributed by atoms with van der Waals surface area (Å²) in [5, 5.41) is 12.2. The molecule has 3 N–H and O–H groups in total. The van der Waals surface area contributed by atoms with E-state index in [1.54, 1.807) is 25.3 Å². The van der Waals surface area contributed by atoms with E-state index in [9.17, 15) is 9.59 Å². The lowest BCUT2D eigenvalue weighted by Gasteiger charge is -2.09. The summed E-state index contributed by atoms with van der Waals surface area (Å²) in [6, 6.07) is 10.2. The SMILES string of the molecule is Cc1cc(NC(=O)NCC(=O)Nc2cccc3cccnc23)no1. The van der Waals surface area contributed by atoms with Gasteiger partial charge in [-0.15, -0.1) is 0 Å². The van der Waals surface area contributed by atoms with Crippen LogP contribution in [0.25, 0.3) is 10.9 Å². The first-order chi connectivity index (χ1) is 11.6. The van der Waals surface area contributed by atoms with Crippen molar-refractivity contribution in [2.24, 2.45) is 0 Å². The molecule has 2 heterocycles. The molecule has 0 radical (unpaired) electrons. The number of para-hydroxylation sites is 1. The summed E-state index contributed by atoms with van der Waals surface area (Å²) < 4.78 is 4.83. The number of pyridine rings is 1. The Morgan fingerprint density at radius 2 is 2.00 bits per heavy atom. The number of aryl methyl sites for hydroxylation is 1. The number of carbonyl (C=O) groups is 2. The van der Waals surface area contributed by atoms with Crippen LogP contribution in [0.15, 0.2) is 47.1 Å². The predicted molar refractivity (Wildman–Crippen MR) is 88.6 cm³/mol. The van der Waals surface area contributed by atoms with Crippen LogP contribution >= 0.6 is 0 Å². The van der Waals surface area contributed by atoms with Gasteiger partial charge in [0.25, 0.3) is 0 Å². The van der Waals surface area contributed by atoms with E-state index in [4.69, 9.17) is 4.52 Å². The first-order valence-electron chi connectivity index (χ1n) is 7.23. The van der Waals surface area contributed by atoms with Crippen LogP contribution in [0.2, 0.25) is 0 Å². The zero-order chi connectivity index (χ0) is 16.9. The molecule has 0 unspecified atom stereocenters. The average molecular weight is 325 g/mol. The molecule has 0 aliphatic heterocycles. The van der Waals surface area contributed by atoms with E-state index in [1.165, 1.54) is 0 Å². The second-order valence-corrected chi connectivity index (χ2v) is 5.06. The van der Waals surface area contributed by atoms with Crippen LogP contribution in [-0.4, -0.2) is 28.6 Å². The Morgan fingerprint density at radius 1 is 1.17 bits per heavy atom. The first kappa shape index (κ1) is 15.5. The van der Waals surface area contributed by atoms with Gasteiger partial charge in [-0.2, -0.15) is 0 Å². The molecular weight excluding hydrogens is 310 g/mol. The summed E-state index contributed by atoms with van der Waals surface area (Å²) in [7, 11) is 0. The summed E-state index contributed by atoms with van der Waals surface area (Å²) in [4.78, 5) is 28.0. The Labute approximate surface area is 137 Å². The number of rotatable bonds is 4. The molecule has 0 aliphatic carbocycles. The second-order valence-electron chi connectivity index (χ2n) is 5.06. The number of anilines is 2. The number of nitrogens with zero attached hydrogens (tertiary/aromatic N) is 2. The van der Waals surface area contributed by atoms with Gasteiger partial charge in [0.1, 0.15) is 5.76 Å². The smallest absolute Gasteiger partial charge is 0.320 e. The fourth-order valence-corrected chi connectivity index (χ4v) is 2.15. The minimum atomic E-state index is -0.547. The van der Waals surface area contributed by atoms with Gasteiger partial charge in [0.05, 0.1) is 17.7 Å². The second kappa shape index (κ2) is 6.78. The summed E-state index contributed by atoms with van der Waals surface area (Å²) in [5.74, 6) is 0.495. The van der Waals surface area contributed by atoms with E-state index in [1.807, 2.05) is 24.3 Å². The first-order valence-corrected chi connectivity index (χ1v) is 7.23. The van der Waals surface area contributed by atoms with Crippen molar-refractivity contribution < 1.29 is 14.1 Å². The molecular formula is C16H15N5O3. The van der Waals surface area contributed by atoms with Crippen molar-refractivity contribution >= 4 is 34.3 Å². The van der Waals surface area contributed by atoms with Gasteiger partial charge in [-0.1, -0.05) is 23.4 Å². The lowest BCUT2D eigenvalue weighted by Crippen LogP contribution is -2.35. The largest absolute Gasteiger partial charge is 0.360 e. The molecule has 3 aromatic rings. The van der Waals surface area contributed by atoms with Crippen LogP contribution in [-0.2, 0) is 4.79 Å².